The molecule has 0 atom stereocenters. The van der Waals surface area contributed by atoms with Crippen LogP contribution in [0.1, 0.15) is 10.4 Å². The van der Waals surface area contributed by atoms with Crippen molar-refractivity contribution in [2.45, 2.75) is 0 Å². The Morgan fingerprint density at radius 2 is 1.70 bits per heavy atom. The summed E-state index contributed by atoms with van der Waals surface area (Å²) < 4.78 is 39.5. The third-order valence-corrected chi connectivity index (χ3v) is 2.75. The maximum Gasteiger partial charge on any atom is 0.257 e. The van der Waals surface area contributed by atoms with Crippen molar-refractivity contribution in [1.82, 2.24) is 0 Å². The highest BCUT2D eigenvalue weighted by Gasteiger charge is 2.16. The van der Waals surface area contributed by atoms with Crippen LogP contribution in [-0.2, 0) is 0 Å². The van der Waals surface area contributed by atoms with Crippen LogP contribution in [0, 0.1) is 17.5 Å². The Hall–Kier alpha value is -2.21. The van der Waals surface area contributed by atoms with Crippen molar-refractivity contribution < 1.29 is 18.0 Å². The van der Waals surface area contributed by atoms with E-state index in [0.29, 0.717) is 12.1 Å². The number of carbonyl (C=O) groups is 1. The predicted octanol–water partition coefficient (Wildman–Crippen LogP) is 3.59. The van der Waals surface area contributed by atoms with Crippen LogP contribution in [0.3, 0.4) is 0 Å². The smallest absolute Gasteiger partial charge is 0.257 e. The minimum absolute atomic E-state index is 0.150. The summed E-state index contributed by atoms with van der Waals surface area (Å²) in [4.78, 5) is 11.9. The molecule has 0 aliphatic heterocycles. The van der Waals surface area contributed by atoms with Crippen LogP contribution in [0.4, 0.5) is 24.5 Å². The molecular weight excluding hydrogens is 293 g/mol. The average molecular weight is 301 g/mol. The number of rotatable bonds is 2. The molecule has 0 aliphatic carbocycles. The molecule has 0 radical (unpaired) electrons. The highest BCUT2D eigenvalue weighted by Crippen LogP contribution is 2.22. The topological polar surface area (TPSA) is 55.1 Å². The minimum atomic E-state index is -1.22. The summed E-state index contributed by atoms with van der Waals surface area (Å²) in [7, 11) is 0. The number of nitrogen functional groups attached to an aromatic ring is 1. The first-order valence-corrected chi connectivity index (χ1v) is 5.77. The van der Waals surface area contributed by atoms with E-state index in [-0.39, 0.29) is 22.0 Å². The Balaban J connectivity index is 2.31. The molecule has 0 bridgehead atoms. The average Bonchev–Trinajstić information content (AvgIpc) is 2.37. The summed E-state index contributed by atoms with van der Waals surface area (Å²) in [6.45, 7) is 0. The van der Waals surface area contributed by atoms with E-state index in [1.165, 1.54) is 12.1 Å². The zero-order valence-electron chi connectivity index (χ0n) is 9.88. The van der Waals surface area contributed by atoms with Gasteiger partial charge in [0, 0.05) is 16.8 Å². The number of nitrogens with two attached hydrogens (primary N) is 1. The van der Waals surface area contributed by atoms with Gasteiger partial charge in [0.2, 0.25) is 0 Å². The van der Waals surface area contributed by atoms with Crippen LogP contribution < -0.4 is 11.1 Å². The predicted molar refractivity (Wildman–Crippen MR) is 70.1 cm³/mol. The van der Waals surface area contributed by atoms with Crippen molar-refractivity contribution in [3.8, 4) is 0 Å². The number of carbonyl (C=O) groups excluding carboxylic acids is 1. The number of halogens is 4. The van der Waals surface area contributed by atoms with Gasteiger partial charge in [-0.2, -0.15) is 0 Å². The van der Waals surface area contributed by atoms with E-state index < -0.39 is 23.4 Å². The van der Waals surface area contributed by atoms with E-state index in [1.807, 2.05) is 0 Å². The molecular formula is C13H8ClF3N2O. The van der Waals surface area contributed by atoms with E-state index >= 15 is 0 Å². The Kier molecular flexibility index (Phi) is 3.85. The molecule has 2 aromatic rings. The number of nitrogens with one attached hydrogen (secondary N) is 1. The SMILES string of the molecule is Nc1cc(F)c(F)cc1C(=O)Nc1ccc(Cl)cc1F. The third kappa shape index (κ3) is 2.85. The van der Waals surface area contributed by atoms with Gasteiger partial charge in [0.05, 0.1) is 11.3 Å². The number of amides is 1. The monoisotopic (exact) mass is 300 g/mol. The van der Waals surface area contributed by atoms with Crippen molar-refractivity contribution in [3.63, 3.8) is 0 Å². The normalized spacial score (nSPS) is 10.4. The van der Waals surface area contributed by atoms with Gasteiger partial charge < -0.3 is 11.1 Å². The largest absolute Gasteiger partial charge is 0.398 e. The number of hydrogen-bond donors (Lipinski definition) is 2. The molecule has 0 aromatic heterocycles. The van der Waals surface area contributed by atoms with Crippen molar-refractivity contribution in [3.05, 3.63) is 58.4 Å². The second-order valence-corrected chi connectivity index (χ2v) is 4.37. The lowest BCUT2D eigenvalue weighted by atomic mass is 10.1. The Morgan fingerprint density at radius 3 is 2.35 bits per heavy atom. The Bertz CT molecular complexity index is 692. The molecule has 0 fully saturated rings. The zero-order valence-corrected chi connectivity index (χ0v) is 10.6. The first kappa shape index (κ1) is 14.2. The molecule has 0 aliphatic rings. The molecule has 2 aromatic carbocycles. The van der Waals surface area contributed by atoms with Gasteiger partial charge in [-0.15, -0.1) is 0 Å². The molecule has 104 valence electrons. The molecule has 0 saturated heterocycles. The summed E-state index contributed by atoms with van der Waals surface area (Å²) in [6, 6.07) is 4.95. The maximum absolute atomic E-state index is 13.5. The fraction of sp³-hybridized carbons (Fsp3) is 0. The lowest BCUT2D eigenvalue weighted by molar-refractivity contribution is 0.102. The first-order chi connectivity index (χ1) is 9.38. The van der Waals surface area contributed by atoms with Crippen LogP contribution in [0.2, 0.25) is 5.02 Å². The van der Waals surface area contributed by atoms with Crippen LogP contribution in [0.5, 0.6) is 0 Å². The zero-order chi connectivity index (χ0) is 14.9. The summed E-state index contributed by atoms with van der Waals surface area (Å²) in [6.07, 6.45) is 0. The summed E-state index contributed by atoms with van der Waals surface area (Å²) in [5.41, 5.74) is 4.73. The Labute approximate surface area is 117 Å². The lowest BCUT2D eigenvalue weighted by Crippen LogP contribution is -2.15. The van der Waals surface area contributed by atoms with Gasteiger partial charge in [0.1, 0.15) is 5.82 Å². The lowest BCUT2D eigenvalue weighted by Gasteiger charge is -2.09. The fourth-order valence-electron chi connectivity index (χ4n) is 1.54. The van der Waals surface area contributed by atoms with Gasteiger partial charge in [0.15, 0.2) is 11.6 Å². The number of benzene rings is 2. The van der Waals surface area contributed by atoms with Gasteiger partial charge in [-0.3, -0.25) is 4.79 Å². The standard InChI is InChI=1S/C13H8ClF3N2O/c14-6-1-2-12(10(17)3-6)19-13(20)7-4-8(15)9(16)5-11(7)18/h1-5H,18H2,(H,19,20). The number of anilines is 2. The van der Waals surface area contributed by atoms with E-state index in [0.717, 1.165) is 6.07 Å². The molecule has 20 heavy (non-hydrogen) atoms. The van der Waals surface area contributed by atoms with E-state index in [2.05, 4.69) is 5.32 Å². The van der Waals surface area contributed by atoms with Crippen molar-refractivity contribution in [1.29, 1.82) is 0 Å². The highest BCUT2D eigenvalue weighted by molar-refractivity contribution is 6.30. The van der Waals surface area contributed by atoms with E-state index in [1.54, 1.807) is 0 Å². The molecule has 3 nitrogen and oxygen atoms in total. The van der Waals surface area contributed by atoms with Gasteiger partial charge in [-0.1, -0.05) is 11.6 Å². The molecule has 1 amide bonds. The molecule has 3 N–H and O–H groups in total. The van der Waals surface area contributed by atoms with Gasteiger partial charge >= 0.3 is 0 Å². The van der Waals surface area contributed by atoms with Gasteiger partial charge in [-0.25, -0.2) is 13.2 Å². The van der Waals surface area contributed by atoms with Crippen molar-refractivity contribution in [2.24, 2.45) is 0 Å². The van der Waals surface area contributed by atoms with Crippen LogP contribution in [0.25, 0.3) is 0 Å². The van der Waals surface area contributed by atoms with Crippen LogP contribution >= 0.6 is 11.6 Å². The second kappa shape index (κ2) is 5.42. The Morgan fingerprint density at radius 1 is 1.05 bits per heavy atom. The van der Waals surface area contributed by atoms with Crippen LogP contribution in [-0.4, -0.2) is 5.91 Å². The van der Waals surface area contributed by atoms with Gasteiger partial charge in [0.25, 0.3) is 5.91 Å². The third-order valence-electron chi connectivity index (χ3n) is 2.52. The van der Waals surface area contributed by atoms with E-state index in [4.69, 9.17) is 17.3 Å². The molecule has 7 heteroatoms. The summed E-state index contributed by atoms with van der Waals surface area (Å²) in [5, 5.41) is 2.36. The molecule has 0 spiro atoms. The first-order valence-electron chi connectivity index (χ1n) is 5.39. The molecule has 0 heterocycles. The summed E-state index contributed by atoms with van der Waals surface area (Å²) in [5.74, 6) is -4.01. The van der Waals surface area contributed by atoms with Gasteiger partial charge in [-0.05, 0) is 24.3 Å². The minimum Gasteiger partial charge on any atom is -0.398 e. The maximum atomic E-state index is 13.5. The molecule has 2 rings (SSSR count). The molecule has 0 unspecified atom stereocenters. The van der Waals surface area contributed by atoms with E-state index in [9.17, 15) is 18.0 Å². The fourth-order valence-corrected chi connectivity index (χ4v) is 1.70. The highest BCUT2D eigenvalue weighted by atomic mass is 35.5. The quantitative estimate of drug-likeness (QED) is 0.833. The summed E-state index contributed by atoms with van der Waals surface area (Å²) >= 11 is 5.57. The molecule has 0 saturated carbocycles. The number of hydrogen-bond acceptors (Lipinski definition) is 2. The van der Waals surface area contributed by atoms with Crippen molar-refractivity contribution >= 4 is 28.9 Å². The second-order valence-electron chi connectivity index (χ2n) is 3.93. The van der Waals surface area contributed by atoms with Crippen LogP contribution in [0.15, 0.2) is 30.3 Å². The van der Waals surface area contributed by atoms with Crippen molar-refractivity contribution in [2.75, 3.05) is 11.1 Å².